The molecule has 7 aromatic rings. The third-order valence-corrected chi connectivity index (χ3v) is 8.38. The van der Waals surface area contributed by atoms with E-state index in [-0.39, 0.29) is 25.5 Å². The first-order valence-electron chi connectivity index (χ1n) is 16.0. The zero-order chi connectivity index (χ0) is 32.0. The summed E-state index contributed by atoms with van der Waals surface area (Å²) in [6.07, 6.45) is 7.34. The number of benzene rings is 3. The SMILES string of the molecule is CC(C)c1ccc2nc(-c3[c-]cccc3)n3c2c1C=CC3.Cc1ccc2c(n1)oc1c(-c3cc(CC(C)(C)C)ccn3)[c-]ccc12.[Ir]. The predicted octanol–water partition coefficient (Wildman–Crippen LogP) is 10.4. The van der Waals surface area contributed by atoms with E-state index in [1.54, 1.807) is 0 Å². The van der Waals surface area contributed by atoms with E-state index >= 15 is 0 Å². The molecule has 0 bridgehead atoms. The van der Waals surface area contributed by atoms with Gasteiger partial charge >= 0.3 is 0 Å². The van der Waals surface area contributed by atoms with Gasteiger partial charge in [0.1, 0.15) is 0 Å². The molecule has 0 unspecified atom stereocenters. The van der Waals surface area contributed by atoms with Gasteiger partial charge in [0, 0.05) is 49.5 Å². The summed E-state index contributed by atoms with van der Waals surface area (Å²) in [5, 5.41) is 2.08. The van der Waals surface area contributed by atoms with Crippen LogP contribution >= 0.6 is 0 Å². The van der Waals surface area contributed by atoms with Gasteiger partial charge in [0.25, 0.3) is 0 Å². The average Bonchev–Trinajstić information content (AvgIpc) is 3.60. The fraction of sp³-hybridized carbons (Fsp3) is 0.244. The number of aromatic nitrogens is 4. The summed E-state index contributed by atoms with van der Waals surface area (Å²) < 4.78 is 8.39. The van der Waals surface area contributed by atoms with Gasteiger partial charge < -0.3 is 14.0 Å². The number of rotatable bonds is 4. The monoisotopic (exact) mass is 795 g/mol. The van der Waals surface area contributed by atoms with Crippen molar-refractivity contribution in [2.75, 3.05) is 0 Å². The molecule has 3 aromatic carbocycles. The third kappa shape index (κ3) is 6.45. The maximum absolute atomic E-state index is 6.08. The van der Waals surface area contributed by atoms with E-state index in [0.29, 0.717) is 11.6 Å². The number of pyridine rings is 2. The molecule has 0 saturated heterocycles. The minimum Gasteiger partial charge on any atom is -0.486 e. The van der Waals surface area contributed by atoms with Crippen molar-refractivity contribution in [2.24, 2.45) is 5.41 Å². The number of nitrogens with zero attached hydrogens (tertiary/aromatic N) is 4. The summed E-state index contributed by atoms with van der Waals surface area (Å²) in [5.74, 6) is 1.53. The third-order valence-electron chi connectivity index (χ3n) is 8.38. The number of hydrogen-bond acceptors (Lipinski definition) is 4. The summed E-state index contributed by atoms with van der Waals surface area (Å²) in [6.45, 7) is 14.1. The van der Waals surface area contributed by atoms with Crippen LogP contribution in [0.3, 0.4) is 0 Å². The van der Waals surface area contributed by atoms with Gasteiger partial charge in [0.2, 0.25) is 5.71 Å². The van der Waals surface area contributed by atoms with Crippen molar-refractivity contribution in [1.82, 2.24) is 19.5 Å². The number of aryl methyl sites for hydroxylation is 1. The second-order valence-electron chi connectivity index (χ2n) is 13.6. The average molecular weight is 795 g/mol. The molecule has 47 heavy (non-hydrogen) atoms. The number of fused-ring (bicyclic) bond motifs is 3. The van der Waals surface area contributed by atoms with Crippen LogP contribution in [0.2, 0.25) is 0 Å². The van der Waals surface area contributed by atoms with Gasteiger partial charge in [0.15, 0.2) is 0 Å². The second kappa shape index (κ2) is 13.0. The molecule has 6 heteroatoms. The van der Waals surface area contributed by atoms with Crippen molar-refractivity contribution in [1.29, 1.82) is 0 Å². The van der Waals surface area contributed by atoms with Gasteiger partial charge in [0.05, 0.1) is 22.4 Å². The summed E-state index contributed by atoms with van der Waals surface area (Å²) in [4.78, 5) is 13.9. The van der Waals surface area contributed by atoms with Crippen molar-refractivity contribution in [3.05, 3.63) is 120 Å². The molecule has 0 atom stereocenters. The zero-order valence-corrected chi connectivity index (χ0v) is 30.1. The molecule has 0 aliphatic carbocycles. The molecule has 1 radical (unpaired) electrons. The van der Waals surface area contributed by atoms with Crippen LogP contribution in [-0.4, -0.2) is 19.5 Å². The molecule has 1 aliphatic heterocycles. The van der Waals surface area contributed by atoms with E-state index in [1.807, 2.05) is 49.5 Å². The van der Waals surface area contributed by atoms with Crippen LogP contribution in [-0.2, 0) is 33.1 Å². The van der Waals surface area contributed by atoms with Gasteiger partial charge in [-0.1, -0.05) is 75.4 Å². The Bertz CT molecular complexity index is 2240. The zero-order valence-electron chi connectivity index (χ0n) is 27.7. The van der Waals surface area contributed by atoms with Crippen LogP contribution in [0.5, 0.6) is 0 Å². The molecule has 0 saturated carbocycles. The van der Waals surface area contributed by atoms with E-state index in [4.69, 9.17) is 9.40 Å². The fourth-order valence-electron chi connectivity index (χ4n) is 6.38. The molecular weight excluding hydrogens is 757 g/mol. The largest absolute Gasteiger partial charge is 0.486 e. The minimum absolute atomic E-state index is 0. The molecule has 0 spiro atoms. The van der Waals surface area contributed by atoms with E-state index in [0.717, 1.165) is 63.2 Å². The predicted molar refractivity (Wildman–Crippen MR) is 189 cm³/mol. The molecule has 8 rings (SSSR count). The molecule has 5 nitrogen and oxygen atoms in total. The van der Waals surface area contributed by atoms with Gasteiger partial charge in [-0.15, -0.1) is 54.1 Å². The molecular formula is C41H38IrN4O-2. The second-order valence-corrected chi connectivity index (χ2v) is 13.6. The summed E-state index contributed by atoms with van der Waals surface area (Å²) in [7, 11) is 0. The first-order valence-corrected chi connectivity index (χ1v) is 16.0. The molecule has 0 fully saturated rings. The number of imidazole rings is 1. The van der Waals surface area contributed by atoms with Gasteiger partial charge in [-0.25, -0.2) is 4.98 Å². The van der Waals surface area contributed by atoms with E-state index in [2.05, 4.69) is 110 Å². The maximum Gasteiger partial charge on any atom is 0.216 e. The van der Waals surface area contributed by atoms with Crippen molar-refractivity contribution in [3.8, 4) is 22.6 Å². The smallest absolute Gasteiger partial charge is 0.216 e. The van der Waals surface area contributed by atoms with Crippen molar-refractivity contribution < 1.29 is 24.5 Å². The number of allylic oxidation sites excluding steroid dienone is 1. The van der Waals surface area contributed by atoms with Crippen LogP contribution in [0, 0.1) is 24.5 Å². The van der Waals surface area contributed by atoms with E-state index in [1.165, 1.54) is 22.2 Å². The van der Waals surface area contributed by atoms with Crippen LogP contribution in [0.1, 0.15) is 62.9 Å². The summed E-state index contributed by atoms with van der Waals surface area (Å²) in [6, 6.07) is 31.3. The van der Waals surface area contributed by atoms with Gasteiger partial charge in [-0.2, -0.15) is 0 Å². The molecule has 0 N–H and O–H groups in total. The minimum atomic E-state index is 0. The number of furan rings is 1. The first kappa shape index (κ1) is 32.6. The Balaban J connectivity index is 0.000000163. The van der Waals surface area contributed by atoms with E-state index in [9.17, 15) is 0 Å². The fourth-order valence-corrected chi connectivity index (χ4v) is 6.38. The Morgan fingerprint density at radius 3 is 2.55 bits per heavy atom. The Labute approximate surface area is 290 Å². The topological polar surface area (TPSA) is 56.7 Å². The Morgan fingerprint density at radius 2 is 1.79 bits per heavy atom. The van der Waals surface area contributed by atoms with Crippen LogP contribution < -0.4 is 0 Å². The van der Waals surface area contributed by atoms with Crippen LogP contribution in [0.4, 0.5) is 0 Å². The van der Waals surface area contributed by atoms with Gasteiger partial charge in [-0.3, -0.25) is 4.98 Å². The molecule has 239 valence electrons. The van der Waals surface area contributed by atoms with Crippen LogP contribution in [0.25, 0.3) is 61.8 Å². The normalized spacial score (nSPS) is 12.4. The Morgan fingerprint density at radius 1 is 0.936 bits per heavy atom. The van der Waals surface area contributed by atoms with Crippen molar-refractivity contribution in [3.63, 3.8) is 0 Å². The molecule has 5 heterocycles. The quantitative estimate of drug-likeness (QED) is 0.167. The van der Waals surface area contributed by atoms with E-state index < -0.39 is 0 Å². The maximum atomic E-state index is 6.08. The first-order chi connectivity index (χ1) is 22.2. The molecule has 4 aromatic heterocycles. The van der Waals surface area contributed by atoms with Crippen LogP contribution in [0.15, 0.2) is 89.5 Å². The summed E-state index contributed by atoms with van der Waals surface area (Å²) in [5.41, 5.74) is 11.8. The number of hydrogen-bond donors (Lipinski definition) is 0. The molecule has 0 amide bonds. The van der Waals surface area contributed by atoms with Crippen molar-refractivity contribution in [2.45, 2.75) is 60.4 Å². The molecule has 1 aliphatic rings. The Kier molecular flexibility index (Phi) is 9.02. The standard InChI is InChI=1S/C22H21N2O.C19H17N2.Ir/c1-14-8-9-17-16-6-5-7-18(20(16)25-21(17)24-14)19-12-15(10-11-23-19)13-22(2,3)4;1-13(2)15-10-11-17-18-16(15)9-6-12-21(18)19(20-17)14-7-4-3-5-8-14;/h5-6,8-12H,13H2,1-4H3;3-7,9-11,13H,12H2,1-2H3;/q2*-1;. The summed E-state index contributed by atoms with van der Waals surface area (Å²) >= 11 is 0. The van der Waals surface area contributed by atoms with Gasteiger partial charge in [-0.05, 0) is 60.2 Å². The Hall–Kier alpha value is -4.38. The van der Waals surface area contributed by atoms with Crippen molar-refractivity contribution >= 4 is 39.2 Å².